The number of hydrogen-bond acceptors (Lipinski definition) is 5. The van der Waals surface area contributed by atoms with Gasteiger partial charge in [-0.1, -0.05) is 54.5 Å². The van der Waals surface area contributed by atoms with Crippen LogP contribution in [0.25, 0.3) is 0 Å². The van der Waals surface area contributed by atoms with E-state index in [-0.39, 0.29) is 51.4 Å². The summed E-state index contributed by atoms with van der Waals surface area (Å²) in [4.78, 5) is 39.6. The van der Waals surface area contributed by atoms with E-state index in [0.29, 0.717) is 12.2 Å². The topological polar surface area (TPSA) is 96.3 Å². The number of fused-ring (bicyclic) bond motifs is 5. The van der Waals surface area contributed by atoms with Crippen molar-refractivity contribution >= 4 is 17.7 Å². The van der Waals surface area contributed by atoms with Crippen LogP contribution in [0.15, 0.2) is 11.6 Å². The maximum Gasteiger partial charge on any atom is 0.407 e. The molecule has 1 unspecified atom stereocenters. The number of alkyl carbamates (subject to hydrolysis) is 1. The van der Waals surface area contributed by atoms with Crippen LogP contribution >= 0.6 is 0 Å². The second kappa shape index (κ2) is 9.49. The van der Waals surface area contributed by atoms with E-state index in [1.165, 1.54) is 7.11 Å². The van der Waals surface area contributed by atoms with E-state index in [9.17, 15) is 19.6 Å². The molecule has 0 aromatic rings. The molecule has 0 radical (unpaired) electrons. The molecule has 210 valence electrons. The van der Waals surface area contributed by atoms with Gasteiger partial charge >= 0.3 is 6.09 Å². The van der Waals surface area contributed by atoms with Gasteiger partial charge in [-0.3, -0.25) is 9.59 Å². The summed E-state index contributed by atoms with van der Waals surface area (Å²) in [5.74, 6) is 0.402. The summed E-state index contributed by atoms with van der Waals surface area (Å²) < 4.78 is 4.94. The fraction of sp³-hybridized carbons (Fsp3) is 0.812. The molecule has 6 heteroatoms. The number of allylic oxidation sites excluding steroid dienone is 2. The molecule has 4 rings (SSSR count). The number of carbonyl (C=O) groups is 3. The molecule has 7 atom stereocenters. The molecular formula is C32H48N2O4. The van der Waals surface area contributed by atoms with Gasteiger partial charge in [0.05, 0.1) is 12.7 Å². The van der Waals surface area contributed by atoms with Crippen molar-refractivity contribution in [1.82, 2.24) is 5.32 Å². The van der Waals surface area contributed by atoms with Gasteiger partial charge in [0.1, 0.15) is 11.9 Å². The van der Waals surface area contributed by atoms with Crippen LogP contribution in [0.1, 0.15) is 106 Å². The number of rotatable bonds is 1. The summed E-state index contributed by atoms with van der Waals surface area (Å²) in [7, 11) is 1.40. The average Bonchev–Trinajstić information content (AvgIpc) is 2.84. The predicted octanol–water partition coefficient (Wildman–Crippen LogP) is 6.78. The van der Waals surface area contributed by atoms with Crippen LogP contribution in [0, 0.1) is 56.2 Å². The SMILES string of the molecule is COC(=O)N[C@H]1CCC(C)(C)CCC2C(=O)C[C@@H]3[C@@]4(C)C=C(C#N)C(=O)C(C)(C)[C@@H]4CC[C@@]3(C)[C@]2(C)CC1. The van der Waals surface area contributed by atoms with Crippen LogP contribution in [0.3, 0.4) is 0 Å². The molecule has 6 nitrogen and oxygen atoms in total. The van der Waals surface area contributed by atoms with Gasteiger partial charge in [0.25, 0.3) is 0 Å². The molecule has 1 amide bonds. The third-order valence-corrected chi connectivity index (χ3v) is 12.2. The molecule has 38 heavy (non-hydrogen) atoms. The number of carbonyl (C=O) groups excluding carboxylic acids is 3. The molecule has 0 aromatic heterocycles. The first-order valence-electron chi connectivity index (χ1n) is 14.6. The van der Waals surface area contributed by atoms with Crippen molar-refractivity contribution in [3.63, 3.8) is 0 Å². The number of ether oxygens (including phenoxy) is 1. The second-order valence-corrected chi connectivity index (χ2v) is 14.9. The lowest BCUT2D eigenvalue weighted by Gasteiger charge is -2.68. The lowest BCUT2D eigenvalue weighted by molar-refractivity contribution is -0.190. The Hall–Kier alpha value is -2.16. The normalized spacial score (nSPS) is 42.3. The summed E-state index contributed by atoms with van der Waals surface area (Å²) in [6, 6.07) is 2.20. The highest BCUT2D eigenvalue weighted by Crippen LogP contribution is 2.72. The average molecular weight is 525 g/mol. The number of nitrogens with zero attached hydrogens (tertiary/aromatic N) is 1. The molecule has 3 fully saturated rings. The smallest absolute Gasteiger partial charge is 0.407 e. The Morgan fingerprint density at radius 3 is 2.16 bits per heavy atom. The summed E-state index contributed by atoms with van der Waals surface area (Å²) in [5.41, 5.74) is -1.09. The van der Waals surface area contributed by atoms with Crippen LogP contribution in [0.2, 0.25) is 0 Å². The van der Waals surface area contributed by atoms with E-state index < -0.39 is 16.9 Å². The third kappa shape index (κ3) is 4.33. The van der Waals surface area contributed by atoms with Crippen LogP contribution in [-0.4, -0.2) is 30.8 Å². The lowest BCUT2D eigenvalue weighted by Crippen LogP contribution is -2.65. The van der Waals surface area contributed by atoms with Crippen LogP contribution in [-0.2, 0) is 14.3 Å². The Kier molecular flexibility index (Phi) is 7.20. The van der Waals surface area contributed by atoms with Crippen LogP contribution in [0.5, 0.6) is 0 Å². The Morgan fingerprint density at radius 1 is 0.921 bits per heavy atom. The van der Waals surface area contributed by atoms with Crippen molar-refractivity contribution in [1.29, 1.82) is 5.26 Å². The zero-order chi connectivity index (χ0) is 28.3. The summed E-state index contributed by atoms with van der Waals surface area (Å²) >= 11 is 0. The molecule has 0 spiro atoms. The number of amides is 1. The minimum Gasteiger partial charge on any atom is -0.453 e. The zero-order valence-electron chi connectivity index (χ0n) is 24.8. The van der Waals surface area contributed by atoms with Gasteiger partial charge in [-0.2, -0.15) is 5.26 Å². The fourth-order valence-corrected chi connectivity index (χ4v) is 9.54. The Balaban J connectivity index is 1.80. The highest BCUT2D eigenvalue weighted by Gasteiger charge is 2.68. The quantitative estimate of drug-likeness (QED) is 0.408. The van der Waals surface area contributed by atoms with Crippen molar-refractivity contribution in [2.45, 2.75) is 112 Å². The summed E-state index contributed by atoms with van der Waals surface area (Å²) in [5, 5.41) is 13.0. The minimum atomic E-state index is -0.632. The van der Waals surface area contributed by atoms with Gasteiger partial charge in [-0.05, 0) is 84.9 Å². The summed E-state index contributed by atoms with van der Waals surface area (Å²) in [6.45, 7) is 15.5. The molecule has 1 N–H and O–H groups in total. The van der Waals surface area contributed by atoms with Crippen molar-refractivity contribution in [3.8, 4) is 6.07 Å². The monoisotopic (exact) mass is 524 g/mol. The molecule has 0 bridgehead atoms. The Morgan fingerprint density at radius 2 is 1.53 bits per heavy atom. The standard InChI is InChI=1S/C32H48N2O4/c1-28(2)13-9-21(34-27(37)38-8)10-15-31(6)22(11-14-28)23(35)17-25-30(5)18-20(19-33)26(36)29(3,4)24(30)12-16-32(25,31)7/h18,21-22,24-25H,9-17H2,1-8H3,(H,34,37)/t21-,22?,24-,25+,30-,31+,32+/m0/s1. The van der Waals surface area contributed by atoms with Gasteiger partial charge in [0.2, 0.25) is 0 Å². The zero-order valence-corrected chi connectivity index (χ0v) is 24.8. The van der Waals surface area contributed by atoms with Gasteiger partial charge in [-0.25, -0.2) is 4.79 Å². The Labute approximate surface area is 229 Å². The molecule has 0 aromatic carbocycles. The molecule has 0 aliphatic heterocycles. The number of Topliss-reactive ketones (excluding diaryl/α,β-unsaturated/α-hetero) is 2. The highest BCUT2D eigenvalue weighted by molar-refractivity contribution is 6.04. The predicted molar refractivity (Wildman–Crippen MR) is 147 cm³/mol. The van der Waals surface area contributed by atoms with Crippen LogP contribution in [0.4, 0.5) is 4.79 Å². The molecule has 0 saturated heterocycles. The van der Waals surface area contributed by atoms with E-state index in [4.69, 9.17) is 4.74 Å². The first-order valence-corrected chi connectivity index (χ1v) is 14.6. The summed E-state index contributed by atoms with van der Waals surface area (Å²) in [6.07, 6.45) is 9.33. The van der Waals surface area contributed by atoms with E-state index in [1.54, 1.807) is 0 Å². The van der Waals surface area contributed by atoms with E-state index in [2.05, 4.69) is 46.0 Å². The van der Waals surface area contributed by atoms with E-state index in [0.717, 1.165) is 51.4 Å². The first kappa shape index (κ1) is 28.8. The first-order chi connectivity index (χ1) is 17.6. The van der Waals surface area contributed by atoms with E-state index >= 15 is 0 Å². The maximum absolute atomic E-state index is 14.2. The van der Waals surface area contributed by atoms with Gasteiger partial charge in [-0.15, -0.1) is 0 Å². The molecule has 3 saturated carbocycles. The van der Waals surface area contributed by atoms with Crippen molar-refractivity contribution in [2.75, 3.05) is 7.11 Å². The molecule has 4 aliphatic rings. The van der Waals surface area contributed by atoms with Crippen LogP contribution < -0.4 is 5.32 Å². The lowest BCUT2D eigenvalue weighted by atomic mass is 9.35. The highest BCUT2D eigenvalue weighted by atomic mass is 16.5. The number of ketones is 2. The minimum absolute atomic E-state index is 0.000345. The maximum atomic E-state index is 14.2. The molecular weight excluding hydrogens is 476 g/mol. The fourth-order valence-electron chi connectivity index (χ4n) is 9.54. The number of nitrogens with one attached hydrogen (secondary N) is 1. The molecule has 4 aliphatic carbocycles. The van der Waals surface area contributed by atoms with Gasteiger partial charge in [0, 0.05) is 23.8 Å². The van der Waals surface area contributed by atoms with Crippen molar-refractivity contribution in [2.24, 2.45) is 44.8 Å². The number of methoxy groups -OCH3 is 1. The largest absolute Gasteiger partial charge is 0.453 e. The van der Waals surface area contributed by atoms with Gasteiger partial charge < -0.3 is 10.1 Å². The Bertz CT molecular complexity index is 1080. The third-order valence-electron chi connectivity index (χ3n) is 12.2. The van der Waals surface area contributed by atoms with Crippen molar-refractivity contribution in [3.05, 3.63) is 11.6 Å². The number of nitriles is 1. The van der Waals surface area contributed by atoms with Gasteiger partial charge in [0.15, 0.2) is 5.78 Å². The van der Waals surface area contributed by atoms with Crippen molar-refractivity contribution < 1.29 is 19.1 Å². The molecule has 0 heterocycles. The second-order valence-electron chi connectivity index (χ2n) is 14.9. The van der Waals surface area contributed by atoms with E-state index in [1.807, 2.05) is 19.9 Å². The number of hydrogen-bond donors (Lipinski definition) is 1.